The van der Waals surface area contributed by atoms with Crippen LogP contribution in [0.3, 0.4) is 0 Å². The van der Waals surface area contributed by atoms with Crippen molar-refractivity contribution in [1.29, 1.82) is 0 Å². The predicted molar refractivity (Wildman–Crippen MR) is 68.1 cm³/mol. The molecule has 3 heteroatoms. The SMILES string of the molecule is Cc1cc(O)cc(C)c1-c1c(C)ncnc1C. The minimum absolute atomic E-state index is 0.302. The number of aromatic nitrogens is 2. The second-order valence-corrected chi connectivity index (χ2v) is 4.37. The van der Waals surface area contributed by atoms with Crippen LogP contribution < -0.4 is 0 Å². The number of phenols is 1. The van der Waals surface area contributed by atoms with E-state index in [-0.39, 0.29) is 0 Å². The first kappa shape index (κ1) is 11.6. The molecule has 0 radical (unpaired) electrons. The number of aromatic hydroxyl groups is 1. The normalized spacial score (nSPS) is 10.6. The van der Waals surface area contributed by atoms with Crippen molar-refractivity contribution in [3.05, 3.63) is 41.0 Å². The molecule has 17 heavy (non-hydrogen) atoms. The third kappa shape index (κ3) is 2.00. The molecule has 0 atom stereocenters. The van der Waals surface area contributed by atoms with Crippen molar-refractivity contribution < 1.29 is 5.11 Å². The summed E-state index contributed by atoms with van der Waals surface area (Å²) in [6.45, 7) is 7.95. The van der Waals surface area contributed by atoms with E-state index in [2.05, 4.69) is 9.97 Å². The molecule has 0 unspecified atom stereocenters. The lowest BCUT2D eigenvalue weighted by atomic mass is 9.93. The molecule has 0 fully saturated rings. The van der Waals surface area contributed by atoms with Crippen LogP contribution in [0.5, 0.6) is 5.75 Å². The molecule has 1 N–H and O–H groups in total. The fourth-order valence-corrected chi connectivity index (χ4v) is 2.29. The zero-order valence-electron chi connectivity index (χ0n) is 10.6. The van der Waals surface area contributed by atoms with Gasteiger partial charge in [-0.3, -0.25) is 0 Å². The molecule has 0 aliphatic carbocycles. The van der Waals surface area contributed by atoms with Gasteiger partial charge in [-0.25, -0.2) is 9.97 Å². The molecule has 2 rings (SSSR count). The maximum Gasteiger partial charge on any atom is 0.116 e. The average Bonchev–Trinajstić information content (AvgIpc) is 2.21. The molecule has 0 amide bonds. The molecule has 0 saturated carbocycles. The molecule has 0 saturated heterocycles. The largest absolute Gasteiger partial charge is 0.508 e. The lowest BCUT2D eigenvalue weighted by Gasteiger charge is -2.14. The molecular weight excluding hydrogens is 212 g/mol. The van der Waals surface area contributed by atoms with Gasteiger partial charge in [0.2, 0.25) is 0 Å². The Hall–Kier alpha value is -1.90. The molecule has 3 nitrogen and oxygen atoms in total. The van der Waals surface area contributed by atoms with E-state index in [9.17, 15) is 5.11 Å². The molecule has 1 aromatic heterocycles. The van der Waals surface area contributed by atoms with Crippen LogP contribution in [0.2, 0.25) is 0 Å². The zero-order chi connectivity index (χ0) is 12.6. The second kappa shape index (κ2) is 4.17. The summed E-state index contributed by atoms with van der Waals surface area (Å²) in [5.41, 5.74) is 6.22. The first-order valence-corrected chi connectivity index (χ1v) is 5.59. The summed E-state index contributed by atoms with van der Waals surface area (Å²) in [6.07, 6.45) is 1.58. The Morgan fingerprint density at radius 2 is 1.29 bits per heavy atom. The van der Waals surface area contributed by atoms with Gasteiger partial charge in [0.15, 0.2) is 0 Å². The Morgan fingerprint density at radius 1 is 0.824 bits per heavy atom. The number of hydrogen-bond acceptors (Lipinski definition) is 3. The van der Waals surface area contributed by atoms with Crippen LogP contribution in [-0.2, 0) is 0 Å². The van der Waals surface area contributed by atoms with E-state index in [0.717, 1.165) is 33.6 Å². The lowest BCUT2D eigenvalue weighted by molar-refractivity contribution is 0.474. The van der Waals surface area contributed by atoms with Crippen molar-refractivity contribution in [2.45, 2.75) is 27.7 Å². The van der Waals surface area contributed by atoms with Crippen LogP contribution in [0.15, 0.2) is 18.5 Å². The number of hydrogen-bond donors (Lipinski definition) is 1. The topological polar surface area (TPSA) is 46.0 Å². The van der Waals surface area contributed by atoms with Crippen molar-refractivity contribution in [1.82, 2.24) is 9.97 Å². The van der Waals surface area contributed by atoms with E-state index in [1.807, 2.05) is 27.7 Å². The van der Waals surface area contributed by atoms with Crippen molar-refractivity contribution in [3.8, 4) is 16.9 Å². The summed E-state index contributed by atoms with van der Waals surface area (Å²) >= 11 is 0. The van der Waals surface area contributed by atoms with E-state index >= 15 is 0 Å². The number of nitrogens with zero attached hydrogens (tertiary/aromatic N) is 2. The van der Waals surface area contributed by atoms with Crippen LogP contribution in [0.1, 0.15) is 22.5 Å². The van der Waals surface area contributed by atoms with Crippen molar-refractivity contribution in [2.75, 3.05) is 0 Å². The average molecular weight is 228 g/mol. The molecule has 1 heterocycles. The standard InChI is InChI=1S/C14H16N2O/c1-8-5-12(17)6-9(2)13(8)14-10(3)15-7-16-11(14)4/h5-7,17H,1-4H3. The van der Waals surface area contributed by atoms with Gasteiger partial charge in [-0.1, -0.05) is 0 Å². The number of rotatable bonds is 1. The van der Waals surface area contributed by atoms with Gasteiger partial charge in [0.25, 0.3) is 0 Å². The van der Waals surface area contributed by atoms with E-state index in [1.54, 1.807) is 18.5 Å². The Balaban J connectivity index is 2.77. The van der Waals surface area contributed by atoms with Gasteiger partial charge in [0, 0.05) is 17.0 Å². The highest BCUT2D eigenvalue weighted by molar-refractivity contribution is 5.75. The summed E-state index contributed by atoms with van der Waals surface area (Å²) in [5.74, 6) is 0.302. The fourth-order valence-electron chi connectivity index (χ4n) is 2.29. The fraction of sp³-hybridized carbons (Fsp3) is 0.286. The Morgan fingerprint density at radius 3 is 1.76 bits per heavy atom. The smallest absolute Gasteiger partial charge is 0.116 e. The maximum atomic E-state index is 9.57. The van der Waals surface area contributed by atoms with Crippen LogP contribution >= 0.6 is 0 Å². The summed E-state index contributed by atoms with van der Waals surface area (Å²) < 4.78 is 0. The highest BCUT2D eigenvalue weighted by atomic mass is 16.3. The number of aryl methyl sites for hydroxylation is 4. The van der Waals surface area contributed by atoms with Crippen LogP contribution in [-0.4, -0.2) is 15.1 Å². The van der Waals surface area contributed by atoms with Crippen LogP contribution in [0.25, 0.3) is 11.1 Å². The Labute approximate surface area is 101 Å². The zero-order valence-corrected chi connectivity index (χ0v) is 10.6. The monoisotopic (exact) mass is 228 g/mol. The third-order valence-corrected chi connectivity index (χ3v) is 2.99. The van der Waals surface area contributed by atoms with Crippen molar-refractivity contribution >= 4 is 0 Å². The Kier molecular flexibility index (Phi) is 2.84. The first-order chi connectivity index (χ1) is 8.00. The van der Waals surface area contributed by atoms with E-state index in [0.29, 0.717) is 5.75 Å². The molecule has 0 bridgehead atoms. The van der Waals surface area contributed by atoms with Crippen LogP contribution in [0, 0.1) is 27.7 Å². The molecule has 0 aliphatic heterocycles. The van der Waals surface area contributed by atoms with E-state index in [4.69, 9.17) is 0 Å². The Bertz CT molecular complexity index is 533. The number of phenolic OH excluding ortho intramolecular Hbond substituents is 1. The second-order valence-electron chi connectivity index (χ2n) is 4.37. The van der Waals surface area contributed by atoms with Gasteiger partial charge in [-0.05, 0) is 56.5 Å². The third-order valence-electron chi connectivity index (χ3n) is 2.99. The van der Waals surface area contributed by atoms with Crippen LogP contribution in [0.4, 0.5) is 0 Å². The first-order valence-electron chi connectivity index (χ1n) is 5.59. The van der Waals surface area contributed by atoms with Gasteiger partial charge in [-0.15, -0.1) is 0 Å². The van der Waals surface area contributed by atoms with Gasteiger partial charge >= 0.3 is 0 Å². The minimum atomic E-state index is 0.302. The highest BCUT2D eigenvalue weighted by Crippen LogP contribution is 2.33. The van der Waals surface area contributed by atoms with Gasteiger partial charge in [0.1, 0.15) is 12.1 Å². The molecule has 1 aromatic carbocycles. The van der Waals surface area contributed by atoms with Gasteiger partial charge < -0.3 is 5.11 Å². The summed E-state index contributed by atoms with van der Waals surface area (Å²) in [5, 5.41) is 9.57. The summed E-state index contributed by atoms with van der Waals surface area (Å²) in [7, 11) is 0. The molecular formula is C14H16N2O. The summed E-state index contributed by atoms with van der Waals surface area (Å²) in [6, 6.07) is 3.54. The molecule has 0 aliphatic rings. The van der Waals surface area contributed by atoms with Gasteiger partial charge in [0.05, 0.1) is 0 Å². The minimum Gasteiger partial charge on any atom is -0.508 e. The number of benzene rings is 1. The predicted octanol–water partition coefficient (Wildman–Crippen LogP) is 3.08. The maximum absolute atomic E-state index is 9.57. The van der Waals surface area contributed by atoms with Crippen molar-refractivity contribution in [2.24, 2.45) is 0 Å². The molecule has 0 spiro atoms. The van der Waals surface area contributed by atoms with E-state index < -0.39 is 0 Å². The molecule has 88 valence electrons. The quantitative estimate of drug-likeness (QED) is 0.815. The van der Waals surface area contributed by atoms with Gasteiger partial charge in [-0.2, -0.15) is 0 Å². The summed E-state index contributed by atoms with van der Waals surface area (Å²) in [4.78, 5) is 8.49. The lowest BCUT2D eigenvalue weighted by Crippen LogP contribution is -1.98. The van der Waals surface area contributed by atoms with Crippen molar-refractivity contribution in [3.63, 3.8) is 0 Å². The molecule has 2 aromatic rings. The van der Waals surface area contributed by atoms with E-state index in [1.165, 1.54) is 0 Å². The highest BCUT2D eigenvalue weighted by Gasteiger charge is 2.13.